The van der Waals surface area contributed by atoms with Gasteiger partial charge < -0.3 is 0 Å². The van der Waals surface area contributed by atoms with Crippen LogP contribution in [0.4, 0.5) is 5.95 Å². The molecule has 0 saturated carbocycles. The van der Waals surface area contributed by atoms with Crippen LogP contribution in [-0.4, -0.2) is 26.1 Å². The van der Waals surface area contributed by atoms with Crippen molar-refractivity contribution >= 4 is 29.5 Å². The zero-order valence-electron chi connectivity index (χ0n) is 11.0. The van der Waals surface area contributed by atoms with Crippen molar-refractivity contribution in [2.24, 2.45) is 0 Å². The highest BCUT2D eigenvalue weighted by atomic mass is 35.5. The molecule has 0 radical (unpaired) electrons. The molecule has 20 heavy (non-hydrogen) atoms. The highest BCUT2D eigenvalue weighted by molar-refractivity contribution is 6.30. The summed E-state index contributed by atoms with van der Waals surface area (Å²) < 4.78 is 0. The highest BCUT2D eigenvalue weighted by Crippen LogP contribution is 2.10. The van der Waals surface area contributed by atoms with Gasteiger partial charge in [-0.2, -0.15) is 4.80 Å². The van der Waals surface area contributed by atoms with E-state index in [0.717, 1.165) is 12.0 Å². The Hall–Kier alpha value is -2.21. The Bertz CT molecular complexity index is 605. The van der Waals surface area contributed by atoms with E-state index >= 15 is 0 Å². The molecule has 0 aliphatic rings. The molecule has 0 unspecified atom stereocenters. The Morgan fingerprint density at radius 2 is 2.15 bits per heavy atom. The molecule has 0 spiro atoms. The Morgan fingerprint density at radius 1 is 1.40 bits per heavy atom. The summed E-state index contributed by atoms with van der Waals surface area (Å²) in [6, 6.07) is 7.16. The Morgan fingerprint density at radius 3 is 2.85 bits per heavy atom. The summed E-state index contributed by atoms with van der Waals surface area (Å²) in [7, 11) is 0. The van der Waals surface area contributed by atoms with Gasteiger partial charge in [0, 0.05) is 11.1 Å². The number of rotatable bonds is 5. The number of tetrazole rings is 1. The molecule has 1 N–H and O–H groups in total. The predicted octanol–water partition coefficient (Wildman–Crippen LogP) is 2.39. The molecule has 0 atom stereocenters. The molecule has 0 aliphatic heterocycles. The zero-order valence-corrected chi connectivity index (χ0v) is 11.7. The Labute approximate surface area is 121 Å². The maximum Gasteiger partial charge on any atom is 0.270 e. The van der Waals surface area contributed by atoms with Gasteiger partial charge in [-0.1, -0.05) is 35.8 Å². The van der Waals surface area contributed by atoms with Crippen molar-refractivity contribution in [3.8, 4) is 0 Å². The van der Waals surface area contributed by atoms with E-state index in [1.165, 1.54) is 10.9 Å². The molecule has 1 aromatic heterocycles. The van der Waals surface area contributed by atoms with E-state index < -0.39 is 0 Å². The van der Waals surface area contributed by atoms with Gasteiger partial charge in [0.25, 0.3) is 11.9 Å². The number of nitrogens with one attached hydrogen (secondary N) is 1. The number of nitrogens with zero attached hydrogens (tertiary/aromatic N) is 4. The molecular formula is C13H14ClN5O. The summed E-state index contributed by atoms with van der Waals surface area (Å²) in [6.45, 7) is 2.68. The lowest BCUT2D eigenvalue weighted by atomic mass is 10.2. The van der Waals surface area contributed by atoms with Gasteiger partial charge in [0.05, 0.1) is 6.54 Å². The average molecular weight is 292 g/mol. The van der Waals surface area contributed by atoms with Gasteiger partial charge in [-0.25, -0.2) is 0 Å². The van der Waals surface area contributed by atoms with E-state index in [1.807, 2.05) is 19.1 Å². The second-order valence-electron chi connectivity index (χ2n) is 4.08. The maximum absolute atomic E-state index is 11.7. The maximum atomic E-state index is 11.7. The van der Waals surface area contributed by atoms with Crippen LogP contribution in [0.3, 0.4) is 0 Å². The smallest absolute Gasteiger partial charge is 0.270 e. The van der Waals surface area contributed by atoms with Crippen LogP contribution >= 0.6 is 11.6 Å². The number of amides is 1. The molecule has 0 bridgehead atoms. The number of hydrogen-bond acceptors (Lipinski definition) is 4. The van der Waals surface area contributed by atoms with Crippen LogP contribution in [0.15, 0.2) is 30.3 Å². The predicted molar refractivity (Wildman–Crippen MR) is 77.2 cm³/mol. The summed E-state index contributed by atoms with van der Waals surface area (Å²) in [4.78, 5) is 13.1. The van der Waals surface area contributed by atoms with Crippen LogP contribution in [-0.2, 0) is 11.3 Å². The molecule has 2 rings (SSSR count). The third-order valence-corrected chi connectivity index (χ3v) is 2.66. The van der Waals surface area contributed by atoms with Gasteiger partial charge >= 0.3 is 0 Å². The summed E-state index contributed by atoms with van der Waals surface area (Å²) in [5.74, 6) is -0.111. The van der Waals surface area contributed by atoms with E-state index in [-0.39, 0.29) is 11.9 Å². The monoisotopic (exact) mass is 291 g/mol. The standard InChI is InChI=1S/C13H14ClN5O/c1-2-9-19-17-13(16-18-19)15-12(20)8-5-10-3-6-11(14)7-4-10/h3-8H,2,9H2,1H3,(H,15,17,20). The topological polar surface area (TPSA) is 72.7 Å². The lowest BCUT2D eigenvalue weighted by Gasteiger charge is -1.95. The van der Waals surface area contributed by atoms with Gasteiger partial charge in [0.2, 0.25) is 0 Å². The first-order chi connectivity index (χ1) is 9.67. The van der Waals surface area contributed by atoms with Crippen molar-refractivity contribution in [3.63, 3.8) is 0 Å². The fourth-order valence-corrected chi connectivity index (χ4v) is 1.61. The second kappa shape index (κ2) is 6.81. The zero-order chi connectivity index (χ0) is 14.4. The largest absolute Gasteiger partial charge is 0.288 e. The van der Waals surface area contributed by atoms with Gasteiger partial charge in [-0.05, 0) is 35.4 Å². The van der Waals surface area contributed by atoms with E-state index in [1.54, 1.807) is 18.2 Å². The first-order valence-electron chi connectivity index (χ1n) is 6.20. The number of halogens is 1. The average Bonchev–Trinajstić information content (AvgIpc) is 2.86. The van der Waals surface area contributed by atoms with Gasteiger partial charge in [-0.3, -0.25) is 10.1 Å². The quantitative estimate of drug-likeness (QED) is 0.859. The van der Waals surface area contributed by atoms with Crippen LogP contribution in [0.5, 0.6) is 0 Å². The van der Waals surface area contributed by atoms with E-state index in [2.05, 4.69) is 20.7 Å². The number of benzene rings is 1. The van der Waals surface area contributed by atoms with Crippen LogP contribution in [0.2, 0.25) is 5.02 Å². The minimum atomic E-state index is -0.309. The van der Waals surface area contributed by atoms with E-state index in [0.29, 0.717) is 11.6 Å². The summed E-state index contributed by atoms with van der Waals surface area (Å²) in [6.07, 6.45) is 3.99. The van der Waals surface area contributed by atoms with Crippen molar-refractivity contribution in [1.82, 2.24) is 20.2 Å². The number of carbonyl (C=O) groups is 1. The minimum absolute atomic E-state index is 0.198. The molecule has 0 saturated heterocycles. The molecule has 0 aliphatic carbocycles. The van der Waals surface area contributed by atoms with Gasteiger partial charge in [-0.15, -0.1) is 5.10 Å². The van der Waals surface area contributed by atoms with Crippen LogP contribution in [0, 0.1) is 0 Å². The molecule has 1 aromatic carbocycles. The fraction of sp³-hybridized carbons (Fsp3) is 0.231. The number of aromatic nitrogens is 4. The van der Waals surface area contributed by atoms with Gasteiger partial charge in [0.15, 0.2) is 0 Å². The second-order valence-corrected chi connectivity index (χ2v) is 4.52. The molecule has 0 fully saturated rings. The third kappa shape index (κ3) is 4.17. The number of hydrogen-bond donors (Lipinski definition) is 1. The SMILES string of the molecule is CCCn1nnc(NC(=O)C=Cc2ccc(Cl)cc2)n1. The highest BCUT2D eigenvalue weighted by Gasteiger charge is 2.04. The molecule has 2 aromatic rings. The van der Waals surface area contributed by atoms with Crippen molar-refractivity contribution in [3.05, 3.63) is 40.9 Å². The van der Waals surface area contributed by atoms with E-state index in [9.17, 15) is 4.79 Å². The number of carbonyl (C=O) groups excluding carboxylic acids is 1. The molecule has 6 nitrogen and oxygen atoms in total. The van der Waals surface area contributed by atoms with Crippen molar-refractivity contribution < 1.29 is 4.79 Å². The van der Waals surface area contributed by atoms with Gasteiger partial charge in [0.1, 0.15) is 0 Å². The molecule has 104 valence electrons. The Kier molecular flexibility index (Phi) is 4.84. The van der Waals surface area contributed by atoms with Crippen LogP contribution in [0.1, 0.15) is 18.9 Å². The van der Waals surface area contributed by atoms with Crippen molar-refractivity contribution in [1.29, 1.82) is 0 Å². The molecule has 1 amide bonds. The molecule has 7 heteroatoms. The minimum Gasteiger partial charge on any atom is -0.288 e. The van der Waals surface area contributed by atoms with Crippen LogP contribution < -0.4 is 5.32 Å². The molecule has 1 heterocycles. The normalized spacial score (nSPS) is 10.9. The van der Waals surface area contributed by atoms with Crippen molar-refractivity contribution in [2.45, 2.75) is 19.9 Å². The van der Waals surface area contributed by atoms with Crippen LogP contribution in [0.25, 0.3) is 6.08 Å². The number of anilines is 1. The van der Waals surface area contributed by atoms with E-state index in [4.69, 9.17) is 11.6 Å². The molecular weight excluding hydrogens is 278 g/mol. The first-order valence-corrected chi connectivity index (χ1v) is 6.57. The lowest BCUT2D eigenvalue weighted by Crippen LogP contribution is -2.09. The van der Waals surface area contributed by atoms with Crippen molar-refractivity contribution in [2.75, 3.05) is 5.32 Å². The Balaban J connectivity index is 1.92. The lowest BCUT2D eigenvalue weighted by molar-refractivity contribution is -0.111. The summed E-state index contributed by atoms with van der Waals surface area (Å²) >= 11 is 5.78. The summed E-state index contributed by atoms with van der Waals surface area (Å²) in [5, 5.41) is 14.8. The first kappa shape index (κ1) is 14.2. The fourth-order valence-electron chi connectivity index (χ4n) is 1.49. The third-order valence-electron chi connectivity index (χ3n) is 2.41. The number of aryl methyl sites for hydroxylation is 1. The summed E-state index contributed by atoms with van der Waals surface area (Å²) in [5.41, 5.74) is 0.882.